The lowest BCUT2D eigenvalue weighted by Gasteiger charge is -2.25. The zero-order valence-corrected chi connectivity index (χ0v) is 14.9. The molecule has 0 radical (unpaired) electrons. The fourth-order valence-electron chi connectivity index (χ4n) is 3.86. The number of rotatable bonds is 5. The Morgan fingerprint density at radius 2 is 1.73 bits per heavy atom. The molecule has 0 saturated heterocycles. The van der Waals surface area contributed by atoms with Crippen molar-refractivity contribution in [1.82, 2.24) is 0 Å². The molecule has 0 aliphatic heterocycles. The standard InChI is InChI=1S/C22H22F3N/c1-2-3-15-9-21(24)19(22(25)10-15)7-5-14-4-6-16-11-18(13-26)20(23)12-17(16)8-14/h9-12,14H,2-8H2,1H3. The van der Waals surface area contributed by atoms with Crippen LogP contribution in [0.25, 0.3) is 0 Å². The van der Waals surface area contributed by atoms with Crippen molar-refractivity contribution >= 4 is 0 Å². The van der Waals surface area contributed by atoms with Crippen LogP contribution in [-0.2, 0) is 25.7 Å². The van der Waals surface area contributed by atoms with Gasteiger partial charge in [0, 0.05) is 5.56 Å². The molecule has 1 nitrogen and oxygen atoms in total. The highest BCUT2D eigenvalue weighted by molar-refractivity contribution is 5.41. The van der Waals surface area contributed by atoms with Crippen LogP contribution in [0.3, 0.4) is 0 Å². The number of benzene rings is 2. The minimum absolute atomic E-state index is 0.0820. The van der Waals surface area contributed by atoms with Gasteiger partial charge < -0.3 is 0 Å². The van der Waals surface area contributed by atoms with E-state index in [-0.39, 0.29) is 17.0 Å². The molecule has 0 heterocycles. The van der Waals surface area contributed by atoms with Gasteiger partial charge in [-0.25, -0.2) is 13.2 Å². The van der Waals surface area contributed by atoms with Crippen LogP contribution in [0.15, 0.2) is 24.3 Å². The van der Waals surface area contributed by atoms with Crippen LogP contribution in [0.1, 0.15) is 54.0 Å². The van der Waals surface area contributed by atoms with Crippen LogP contribution >= 0.6 is 0 Å². The molecule has 0 amide bonds. The van der Waals surface area contributed by atoms with E-state index in [4.69, 9.17) is 5.26 Å². The monoisotopic (exact) mass is 357 g/mol. The zero-order chi connectivity index (χ0) is 18.7. The molecule has 1 atom stereocenters. The average molecular weight is 357 g/mol. The Kier molecular flexibility index (Phi) is 5.66. The van der Waals surface area contributed by atoms with Crippen molar-refractivity contribution in [3.05, 3.63) is 69.5 Å². The number of hydrogen-bond donors (Lipinski definition) is 0. The minimum atomic E-state index is -0.490. The lowest BCUT2D eigenvalue weighted by molar-refractivity contribution is 0.417. The van der Waals surface area contributed by atoms with Crippen LogP contribution in [0, 0.1) is 34.7 Å². The molecule has 0 fully saturated rings. The highest BCUT2D eigenvalue weighted by atomic mass is 19.1. The van der Waals surface area contributed by atoms with Crippen LogP contribution in [-0.4, -0.2) is 0 Å². The molecule has 1 unspecified atom stereocenters. The maximum atomic E-state index is 14.2. The third-order valence-corrected chi connectivity index (χ3v) is 5.28. The molecule has 0 spiro atoms. The van der Waals surface area contributed by atoms with Gasteiger partial charge in [0.25, 0.3) is 0 Å². The molecule has 0 bridgehead atoms. The summed E-state index contributed by atoms with van der Waals surface area (Å²) in [4.78, 5) is 0. The first kappa shape index (κ1) is 18.5. The normalized spacial score (nSPS) is 16.2. The predicted molar refractivity (Wildman–Crippen MR) is 95.3 cm³/mol. The van der Waals surface area contributed by atoms with Gasteiger partial charge in [-0.2, -0.15) is 5.26 Å². The molecule has 2 aromatic rings. The topological polar surface area (TPSA) is 23.8 Å². The van der Waals surface area contributed by atoms with Crippen molar-refractivity contribution in [2.24, 2.45) is 5.92 Å². The number of aryl methyl sites for hydroxylation is 2. The summed E-state index contributed by atoms with van der Waals surface area (Å²) in [5.41, 5.74) is 2.86. The van der Waals surface area contributed by atoms with Crippen molar-refractivity contribution in [2.45, 2.75) is 51.9 Å². The fourth-order valence-corrected chi connectivity index (χ4v) is 3.86. The van der Waals surface area contributed by atoms with Crippen LogP contribution in [0.2, 0.25) is 0 Å². The molecule has 2 aromatic carbocycles. The third kappa shape index (κ3) is 3.93. The number of fused-ring (bicyclic) bond motifs is 1. The molecular formula is C22H22F3N. The van der Waals surface area contributed by atoms with Crippen LogP contribution in [0.4, 0.5) is 13.2 Å². The molecule has 26 heavy (non-hydrogen) atoms. The smallest absolute Gasteiger partial charge is 0.141 e. The van der Waals surface area contributed by atoms with Crippen LogP contribution in [0.5, 0.6) is 0 Å². The van der Waals surface area contributed by atoms with Crippen molar-refractivity contribution in [3.8, 4) is 6.07 Å². The first-order valence-corrected chi connectivity index (χ1v) is 9.20. The maximum Gasteiger partial charge on any atom is 0.141 e. The van der Waals surface area contributed by atoms with Gasteiger partial charge in [0.2, 0.25) is 0 Å². The summed E-state index contributed by atoms with van der Waals surface area (Å²) in [6, 6.07) is 7.83. The largest absolute Gasteiger partial charge is 0.207 e. The van der Waals surface area contributed by atoms with Gasteiger partial charge in [0.1, 0.15) is 23.5 Å². The molecule has 0 aromatic heterocycles. The molecule has 136 valence electrons. The van der Waals surface area contributed by atoms with Gasteiger partial charge >= 0.3 is 0 Å². The van der Waals surface area contributed by atoms with Gasteiger partial charge in [-0.3, -0.25) is 0 Å². The summed E-state index contributed by atoms with van der Waals surface area (Å²) in [6.45, 7) is 1.98. The van der Waals surface area contributed by atoms with E-state index in [1.54, 1.807) is 6.07 Å². The summed E-state index contributed by atoms with van der Waals surface area (Å²) in [5.74, 6) is -1.15. The van der Waals surface area contributed by atoms with E-state index in [0.717, 1.165) is 30.4 Å². The Hall–Kier alpha value is -2.28. The first-order chi connectivity index (χ1) is 12.5. The summed E-state index contributed by atoms with van der Waals surface area (Å²) >= 11 is 0. The van der Waals surface area contributed by atoms with Gasteiger partial charge in [-0.05, 0) is 85.4 Å². The number of hydrogen-bond acceptors (Lipinski definition) is 1. The first-order valence-electron chi connectivity index (χ1n) is 9.20. The lowest BCUT2D eigenvalue weighted by Crippen LogP contribution is -2.16. The summed E-state index contributed by atoms with van der Waals surface area (Å²) in [7, 11) is 0. The van der Waals surface area contributed by atoms with E-state index in [2.05, 4.69) is 0 Å². The third-order valence-electron chi connectivity index (χ3n) is 5.28. The zero-order valence-electron chi connectivity index (χ0n) is 14.9. The van der Waals surface area contributed by atoms with E-state index in [1.807, 2.05) is 13.0 Å². The Bertz CT molecular complexity index is 828. The second-order valence-electron chi connectivity index (χ2n) is 7.15. The Morgan fingerprint density at radius 1 is 1.00 bits per heavy atom. The van der Waals surface area contributed by atoms with Crippen molar-refractivity contribution in [1.29, 1.82) is 5.26 Å². The maximum absolute atomic E-state index is 14.2. The van der Waals surface area contributed by atoms with Crippen molar-refractivity contribution in [2.75, 3.05) is 0 Å². The minimum Gasteiger partial charge on any atom is -0.207 e. The van der Waals surface area contributed by atoms with Gasteiger partial charge in [0.05, 0.1) is 5.56 Å². The molecule has 3 rings (SSSR count). The number of nitriles is 1. The number of halogens is 3. The summed E-state index contributed by atoms with van der Waals surface area (Å²) < 4.78 is 42.3. The molecule has 0 saturated carbocycles. The average Bonchev–Trinajstić information content (AvgIpc) is 2.60. The SMILES string of the molecule is CCCc1cc(F)c(CCC2CCc3cc(C#N)c(F)cc3C2)c(F)c1. The fraction of sp³-hybridized carbons (Fsp3) is 0.409. The molecule has 1 aliphatic carbocycles. The lowest BCUT2D eigenvalue weighted by atomic mass is 9.80. The van der Waals surface area contributed by atoms with Crippen molar-refractivity contribution in [3.63, 3.8) is 0 Å². The van der Waals surface area contributed by atoms with E-state index in [9.17, 15) is 13.2 Å². The van der Waals surface area contributed by atoms with Gasteiger partial charge in [-0.15, -0.1) is 0 Å². The van der Waals surface area contributed by atoms with E-state index in [1.165, 1.54) is 18.2 Å². The van der Waals surface area contributed by atoms with E-state index < -0.39 is 17.5 Å². The molecule has 1 aliphatic rings. The van der Waals surface area contributed by atoms with Crippen LogP contribution < -0.4 is 0 Å². The quantitative estimate of drug-likeness (QED) is 0.677. The Balaban J connectivity index is 1.68. The van der Waals surface area contributed by atoms with E-state index in [0.29, 0.717) is 31.2 Å². The molecule has 0 N–H and O–H groups in total. The summed E-state index contributed by atoms with van der Waals surface area (Å²) in [6.07, 6.45) is 4.89. The number of nitrogens with zero attached hydrogens (tertiary/aromatic N) is 1. The van der Waals surface area contributed by atoms with Gasteiger partial charge in [0.15, 0.2) is 0 Å². The van der Waals surface area contributed by atoms with E-state index >= 15 is 0 Å². The second kappa shape index (κ2) is 7.95. The molecule has 4 heteroatoms. The second-order valence-corrected chi connectivity index (χ2v) is 7.15. The highest BCUT2D eigenvalue weighted by Gasteiger charge is 2.22. The Morgan fingerprint density at radius 3 is 2.38 bits per heavy atom. The molecular weight excluding hydrogens is 335 g/mol. The van der Waals surface area contributed by atoms with Crippen molar-refractivity contribution < 1.29 is 13.2 Å². The predicted octanol–water partition coefficient (Wildman–Crippen LogP) is 5.67. The van der Waals surface area contributed by atoms with Gasteiger partial charge in [-0.1, -0.05) is 13.3 Å². The summed E-state index contributed by atoms with van der Waals surface area (Å²) in [5, 5.41) is 8.93. The highest BCUT2D eigenvalue weighted by Crippen LogP contribution is 2.31. The Labute approximate surface area is 152 Å².